The molecule has 3 unspecified atom stereocenters. The summed E-state index contributed by atoms with van der Waals surface area (Å²) in [4.78, 5) is 80.7. The van der Waals surface area contributed by atoms with E-state index < -0.39 is 86.4 Å². The number of carbonyl (C=O) groups excluding carboxylic acids is 5. The van der Waals surface area contributed by atoms with Crippen molar-refractivity contribution in [3.05, 3.63) is 118 Å². The van der Waals surface area contributed by atoms with E-state index in [1.807, 2.05) is 38.4 Å². The zero-order chi connectivity index (χ0) is 70.9. The standard InChI is InChI=1S/C47H58N4O8.C26H34N2O6.C6H2.CH4/c1-8-30-21-31-24-46(43(54)57-7,39-33(15-19-50(25-30)26-31)32-13-10-11-14-36(32)48-39)35-22-34-37(23-38(35)56-6)49(5)41-45(34)17-20-51-18-12-16-44(9-2,40(45)51)42(59-29(4)53)47(41,55)27-58-28(3)52;1-6-24-10-7-12-28-13-11-25(21(24)28)19-9-8-18(32-5)14-20(19)27(4)22(25)26(31,15-33-16(2)29)23(24)34-17(3)30;1-3-5-6-4-2;/h10-14,16,21-23,31,40-42,48,55H,8-9,15,17-20,24-27H2,1-7H3;7-10,14,21-23,31H,6,11-13,15H2,1-5H3;1-2H;1H4/t31-,40?,41+,42+,44+,45+,46-,47-;21?,22-,23-,24-,25-,26+;;/m01../s1. The van der Waals surface area contributed by atoms with Crippen molar-refractivity contribution < 1.29 is 67.3 Å². The summed E-state index contributed by atoms with van der Waals surface area (Å²) in [5, 5.41) is 27.2. The third kappa shape index (κ3) is 10.8. The van der Waals surface area contributed by atoms with Crippen LogP contribution in [0.2, 0.25) is 0 Å². The number of aliphatic hydroxyl groups is 2. The molecular formula is C80H98N6O14. The quantitative estimate of drug-likeness (QED) is 0.0498. The van der Waals surface area contributed by atoms with Crippen LogP contribution in [0.5, 0.6) is 11.5 Å². The number of rotatable bonds is 13. The molecule has 2 aliphatic carbocycles. The Morgan fingerprint density at radius 1 is 0.670 bits per heavy atom. The fourth-order valence-corrected chi connectivity index (χ4v) is 21.1. The largest absolute Gasteiger partial charge is 0.497 e. The Bertz CT molecular complexity index is 4130. The number of fused-ring (bicyclic) bond motifs is 7. The summed E-state index contributed by atoms with van der Waals surface area (Å²) in [7, 11) is 8.68. The van der Waals surface area contributed by atoms with Crippen molar-refractivity contribution in [1.29, 1.82) is 0 Å². The second-order valence-electron chi connectivity index (χ2n) is 28.7. The number of nitrogens with one attached hydrogen (secondary N) is 1. The van der Waals surface area contributed by atoms with Gasteiger partial charge >= 0.3 is 29.8 Å². The first-order valence-electron chi connectivity index (χ1n) is 34.7. The van der Waals surface area contributed by atoms with Gasteiger partial charge in [-0.25, -0.2) is 0 Å². The Hall–Kier alpha value is -8.55. The van der Waals surface area contributed by atoms with Crippen LogP contribution in [0.1, 0.15) is 122 Å². The Morgan fingerprint density at radius 2 is 1.22 bits per heavy atom. The molecule has 20 nitrogen and oxygen atoms in total. The van der Waals surface area contributed by atoms with Gasteiger partial charge in [0.2, 0.25) is 0 Å². The number of benzene rings is 3. The third-order valence-corrected chi connectivity index (χ3v) is 24.1. The summed E-state index contributed by atoms with van der Waals surface area (Å²) in [6.45, 7) is 16.8. The molecule has 2 saturated heterocycles. The lowest BCUT2D eigenvalue weighted by Gasteiger charge is -2.64. The van der Waals surface area contributed by atoms with E-state index in [1.165, 1.54) is 40.4 Å². The van der Waals surface area contributed by atoms with Crippen LogP contribution in [0.25, 0.3) is 10.9 Å². The van der Waals surface area contributed by atoms with Crippen LogP contribution in [0, 0.1) is 53.3 Å². The Balaban J connectivity index is 0.000000207. The van der Waals surface area contributed by atoms with Crippen molar-refractivity contribution in [2.45, 2.75) is 165 Å². The second kappa shape index (κ2) is 27.4. The summed E-state index contributed by atoms with van der Waals surface area (Å²) in [6, 6.07) is 17.3. The van der Waals surface area contributed by atoms with Gasteiger partial charge in [0.25, 0.3) is 0 Å². The number of hydrogen-bond acceptors (Lipinski definition) is 19. The van der Waals surface area contributed by atoms with Crippen LogP contribution >= 0.6 is 0 Å². The molecule has 2 saturated carbocycles. The molecule has 532 valence electrons. The fourth-order valence-electron chi connectivity index (χ4n) is 21.1. The van der Waals surface area contributed by atoms with Gasteiger partial charge in [0.15, 0.2) is 11.2 Å². The van der Waals surface area contributed by atoms with E-state index in [2.05, 4.69) is 135 Å². The number of likely N-dealkylation sites (N-methyl/N-ethyl adjacent to an activating group) is 2. The number of carbonyl (C=O) groups is 5. The first-order chi connectivity index (χ1) is 47.4. The molecule has 2 bridgehead atoms. The van der Waals surface area contributed by atoms with Gasteiger partial charge in [-0.3, -0.25) is 38.7 Å². The van der Waals surface area contributed by atoms with Gasteiger partial charge in [-0.1, -0.05) is 88.4 Å². The average molecular weight is 1370 g/mol. The molecule has 10 aliphatic rings. The molecule has 100 heavy (non-hydrogen) atoms. The molecule has 0 amide bonds. The van der Waals surface area contributed by atoms with E-state index in [9.17, 15) is 29.4 Å². The first-order valence-corrected chi connectivity index (χ1v) is 34.7. The van der Waals surface area contributed by atoms with Crippen LogP contribution < -0.4 is 19.3 Å². The molecule has 20 heteroatoms. The number of para-hydroxylation sites is 1. The number of aromatic nitrogens is 1. The number of esters is 5. The van der Waals surface area contributed by atoms with Crippen LogP contribution in [0.4, 0.5) is 11.4 Å². The van der Waals surface area contributed by atoms with E-state index in [4.69, 9.17) is 46.0 Å². The van der Waals surface area contributed by atoms with Gasteiger partial charge in [0.05, 0.1) is 33.4 Å². The maximum atomic E-state index is 15.3. The van der Waals surface area contributed by atoms with Crippen LogP contribution in [0.15, 0.2) is 90.6 Å². The maximum absolute atomic E-state index is 15.3. The number of ether oxygens (including phenoxy) is 7. The third-order valence-electron chi connectivity index (χ3n) is 24.1. The van der Waals surface area contributed by atoms with Crippen LogP contribution in [-0.2, 0) is 70.3 Å². The minimum Gasteiger partial charge on any atom is -0.497 e. The zero-order valence-electron chi connectivity index (χ0n) is 59.1. The number of nitrogens with zero attached hydrogens (tertiary/aromatic N) is 5. The SMILES string of the molecule is C.C#CC#CC#C.CCC1=C[C@@H]2CN(CCc3c([nH]c4ccccc34)[C@@](C(=O)OC)(c3cc4c(cc3OC)N(C)[C@H]3[C@@](O)(COC(C)=O)[C@H](OC(C)=O)[C@]5(CC)C=CCN6CC[C@]43C65)C2)C1.CC[C@]12C=CCN3CC[C@@]4(c5ccc(OC)cc5N(C)[C@H]4[C@@](O)(COC(C)=O)[C@@H]1OC(C)=O)C32. The van der Waals surface area contributed by atoms with Crippen molar-refractivity contribution in [2.75, 3.05) is 104 Å². The van der Waals surface area contributed by atoms with E-state index >= 15 is 4.79 Å². The van der Waals surface area contributed by atoms with Crippen molar-refractivity contribution in [3.8, 4) is 48.0 Å². The molecule has 0 radical (unpaired) electrons. The van der Waals surface area contributed by atoms with Crippen molar-refractivity contribution in [1.82, 2.24) is 19.7 Å². The minimum absolute atomic E-state index is 0. The summed E-state index contributed by atoms with van der Waals surface area (Å²) in [5.74, 6) is 7.55. The van der Waals surface area contributed by atoms with Crippen molar-refractivity contribution in [2.24, 2.45) is 16.7 Å². The predicted molar refractivity (Wildman–Crippen MR) is 382 cm³/mol. The minimum atomic E-state index is -1.84. The van der Waals surface area contributed by atoms with Crippen molar-refractivity contribution in [3.63, 3.8) is 0 Å². The first kappa shape index (κ1) is 72.7. The number of aromatic amines is 1. The normalized spacial score (nSPS) is 33.2. The van der Waals surface area contributed by atoms with Gasteiger partial charge in [0, 0.05) is 154 Å². The molecule has 3 N–H and O–H groups in total. The molecule has 8 aliphatic heterocycles. The smallest absolute Gasteiger partial charge is 0.322 e. The Labute approximate surface area is 588 Å². The van der Waals surface area contributed by atoms with E-state index in [0.29, 0.717) is 43.5 Å². The van der Waals surface area contributed by atoms with E-state index in [-0.39, 0.29) is 44.6 Å². The Morgan fingerprint density at radius 3 is 1.72 bits per heavy atom. The lowest BCUT2D eigenvalue weighted by Crippen LogP contribution is -2.80. The predicted octanol–water partition coefficient (Wildman–Crippen LogP) is 8.11. The highest BCUT2D eigenvalue weighted by atomic mass is 16.6. The number of anilines is 2. The molecule has 4 fully saturated rings. The van der Waals surface area contributed by atoms with Gasteiger partial charge in [-0.15, -0.1) is 12.8 Å². The molecule has 2 spiro atoms. The fraction of sp³-hybridized carbons (Fsp3) is 0.537. The zero-order valence-corrected chi connectivity index (χ0v) is 59.1. The van der Waals surface area contributed by atoms with E-state index in [1.54, 1.807) is 14.2 Å². The lowest BCUT2D eigenvalue weighted by molar-refractivity contribution is -0.232. The monoisotopic (exact) mass is 1370 g/mol. The summed E-state index contributed by atoms with van der Waals surface area (Å²) in [6.07, 6.45) is 23.2. The van der Waals surface area contributed by atoms with Gasteiger partial charge in [-0.2, -0.15) is 0 Å². The molecule has 9 heterocycles. The number of terminal acetylenes is 2. The average Bonchev–Trinajstić information content (AvgIpc) is 1.47. The maximum Gasteiger partial charge on any atom is 0.322 e. The number of methoxy groups -OCH3 is 3. The highest BCUT2D eigenvalue weighted by molar-refractivity contribution is 5.94. The van der Waals surface area contributed by atoms with E-state index in [0.717, 1.165) is 109 Å². The molecule has 4 aromatic rings. The van der Waals surface area contributed by atoms with Gasteiger partial charge in [0.1, 0.15) is 42.3 Å². The van der Waals surface area contributed by atoms with Crippen molar-refractivity contribution >= 4 is 52.1 Å². The molecule has 3 aromatic carbocycles. The second-order valence-corrected chi connectivity index (χ2v) is 28.7. The highest BCUT2D eigenvalue weighted by Crippen LogP contribution is 2.70. The molecule has 1 aromatic heterocycles. The highest BCUT2D eigenvalue weighted by Gasteiger charge is 2.80. The number of H-pyrrole nitrogens is 1. The number of hydrogen-bond donors (Lipinski definition) is 3. The lowest BCUT2D eigenvalue weighted by atomic mass is 9.47. The van der Waals surface area contributed by atoms with Crippen LogP contribution in [0.3, 0.4) is 0 Å². The van der Waals surface area contributed by atoms with Gasteiger partial charge < -0.3 is 58.2 Å². The van der Waals surface area contributed by atoms with Crippen LogP contribution in [-0.4, -0.2) is 202 Å². The molecular weight excluding hydrogens is 1270 g/mol. The summed E-state index contributed by atoms with van der Waals surface area (Å²) < 4.78 is 41.5. The summed E-state index contributed by atoms with van der Waals surface area (Å²) >= 11 is 0. The molecule has 14 rings (SSSR count). The van der Waals surface area contributed by atoms with Gasteiger partial charge in [-0.05, 0) is 123 Å². The Kier molecular flexibility index (Phi) is 19.9. The summed E-state index contributed by atoms with van der Waals surface area (Å²) in [5.41, 5.74) is 1.45. The topological polar surface area (TPSA) is 222 Å². The molecule has 15 atom stereocenters.